The fourth-order valence-electron chi connectivity index (χ4n) is 4.07. The number of carbonyl (C=O) groups excluding carboxylic acids is 1. The number of hydrogen-bond acceptors (Lipinski definition) is 4. The normalized spacial score (nSPS) is 18.8. The van der Waals surface area contributed by atoms with Crippen LogP contribution in [0.4, 0.5) is 0 Å². The van der Waals surface area contributed by atoms with E-state index in [1.54, 1.807) is 6.20 Å². The van der Waals surface area contributed by atoms with Crippen LogP contribution < -0.4 is 0 Å². The summed E-state index contributed by atoms with van der Waals surface area (Å²) in [7, 11) is 0. The molecule has 5 rings (SSSR count). The second-order valence-electron chi connectivity index (χ2n) is 8.03. The molecule has 5 heteroatoms. The predicted octanol–water partition coefficient (Wildman–Crippen LogP) is 4.33. The zero-order chi connectivity index (χ0) is 19.6. The first-order chi connectivity index (χ1) is 14.3. The average Bonchev–Trinajstić information content (AvgIpc) is 3.49. The molecular weight excluding hydrogens is 362 g/mol. The summed E-state index contributed by atoms with van der Waals surface area (Å²) in [6.45, 7) is 1.85. The Morgan fingerprint density at radius 3 is 2.72 bits per heavy atom. The summed E-state index contributed by atoms with van der Waals surface area (Å²) in [5, 5.41) is 0.917. The molecular formula is C24H25N3O2. The monoisotopic (exact) mass is 387 g/mol. The van der Waals surface area contributed by atoms with Crippen LogP contribution in [-0.4, -0.2) is 40.0 Å². The standard InChI is InChI=1S/C24H25N3O2/c28-24(21-14-23(17-10-11-17)26-22-9-2-1-8-20(21)22)27(16-19-7-5-13-29-19)15-18-6-3-4-12-25-18/h1-4,6,8-9,12,14,17,19H,5,7,10-11,13,15-16H2/t19-/m1/s1. The molecule has 1 aliphatic heterocycles. The molecule has 1 amide bonds. The number of hydrogen-bond donors (Lipinski definition) is 0. The summed E-state index contributed by atoms with van der Waals surface area (Å²) < 4.78 is 5.84. The van der Waals surface area contributed by atoms with Crippen LogP contribution in [0, 0.1) is 0 Å². The fourth-order valence-corrected chi connectivity index (χ4v) is 4.07. The Bertz CT molecular complexity index is 1010. The maximum Gasteiger partial charge on any atom is 0.255 e. The van der Waals surface area contributed by atoms with Gasteiger partial charge in [-0.25, -0.2) is 0 Å². The molecule has 2 aliphatic rings. The van der Waals surface area contributed by atoms with Crippen molar-refractivity contribution in [3.8, 4) is 0 Å². The van der Waals surface area contributed by atoms with Gasteiger partial charge in [0, 0.05) is 36.3 Å². The lowest BCUT2D eigenvalue weighted by Crippen LogP contribution is -2.37. The zero-order valence-electron chi connectivity index (χ0n) is 16.5. The Labute approximate surface area is 170 Å². The third kappa shape index (κ3) is 4.01. The smallest absolute Gasteiger partial charge is 0.255 e. The number of pyridine rings is 2. The minimum atomic E-state index is 0.0339. The highest BCUT2D eigenvalue weighted by molar-refractivity contribution is 6.06. The molecule has 2 aromatic heterocycles. The maximum absolute atomic E-state index is 13.8. The molecule has 1 saturated carbocycles. The Morgan fingerprint density at radius 1 is 1.10 bits per heavy atom. The van der Waals surface area contributed by atoms with Gasteiger partial charge in [0.1, 0.15) is 0 Å². The minimum Gasteiger partial charge on any atom is -0.376 e. The van der Waals surface area contributed by atoms with Crippen LogP contribution in [-0.2, 0) is 11.3 Å². The summed E-state index contributed by atoms with van der Waals surface area (Å²) in [5.41, 5.74) is 3.57. The van der Waals surface area contributed by atoms with Gasteiger partial charge in [-0.15, -0.1) is 0 Å². The number of para-hydroxylation sites is 1. The van der Waals surface area contributed by atoms with E-state index in [9.17, 15) is 4.79 Å². The third-order valence-corrected chi connectivity index (χ3v) is 5.78. The molecule has 1 atom stereocenters. The number of aromatic nitrogens is 2. The lowest BCUT2D eigenvalue weighted by Gasteiger charge is -2.26. The van der Waals surface area contributed by atoms with E-state index >= 15 is 0 Å². The van der Waals surface area contributed by atoms with Gasteiger partial charge >= 0.3 is 0 Å². The molecule has 3 aromatic rings. The fraction of sp³-hybridized carbons (Fsp3) is 0.375. The molecule has 29 heavy (non-hydrogen) atoms. The van der Waals surface area contributed by atoms with Crippen LogP contribution >= 0.6 is 0 Å². The van der Waals surface area contributed by atoms with Crippen molar-refractivity contribution in [2.24, 2.45) is 0 Å². The molecule has 0 radical (unpaired) electrons. The second kappa shape index (κ2) is 7.91. The third-order valence-electron chi connectivity index (χ3n) is 5.78. The van der Waals surface area contributed by atoms with E-state index in [1.165, 1.54) is 0 Å². The second-order valence-corrected chi connectivity index (χ2v) is 8.03. The van der Waals surface area contributed by atoms with E-state index in [2.05, 4.69) is 4.98 Å². The van der Waals surface area contributed by atoms with Crippen LogP contribution in [0.3, 0.4) is 0 Å². The number of rotatable bonds is 6. The average molecular weight is 387 g/mol. The highest BCUT2D eigenvalue weighted by Gasteiger charge is 2.29. The number of carbonyl (C=O) groups is 1. The van der Waals surface area contributed by atoms with Crippen molar-refractivity contribution in [1.82, 2.24) is 14.9 Å². The number of amides is 1. The molecule has 2 fully saturated rings. The molecule has 0 spiro atoms. The molecule has 0 N–H and O–H groups in total. The van der Waals surface area contributed by atoms with E-state index in [0.29, 0.717) is 19.0 Å². The van der Waals surface area contributed by atoms with Crippen molar-refractivity contribution in [3.63, 3.8) is 0 Å². The van der Waals surface area contributed by atoms with Gasteiger partial charge in [-0.05, 0) is 49.9 Å². The van der Waals surface area contributed by atoms with Crippen molar-refractivity contribution < 1.29 is 9.53 Å². The molecule has 3 heterocycles. The summed E-state index contributed by atoms with van der Waals surface area (Å²) >= 11 is 0. The summed E-state index contributed by atoms with van der Waals surface area (Å²) in [6, 6.07) is 15.8. The van der Waals surface area contributed by atoms with Crippen LogP contribution in [0.5, 0.6) is 0 Å². The quantitative estimate of drug-likeness (QED) is 0.632. The molecule has 5 nitrogen and oxygen atoms in total. The van der Waals surface area contributed by atoms with Crippen LogP contribution in [0.25, 0.3) is 10.9 Å². The van der Waals surface area contributed by atoms with Crippen molar-refractivity contribution in [2.75, 3.05) is 13.2 Å². The SMILES string of the molecule is O=C(c1cc(C2CC2)nc2ccccc12)N(Cc1ccccn1)C[C@H]1CCCO1. The van der Waals surface area contributed by atoms with Gasteiger partial charge in [-0.2, -0.15) is 0 Å². The zero-order valence-corrected chi connectivity index (χ0v) is 16.5. The Morgan fingerprint density at radius 2 is 1.97 bits per heavy atom. The maximum atomic E-state index is 13.8. The summed E-state index contributed by atoms with van der Waals surface area (Å²) in [4.78, 5) is 24.9. The number of nitrogens with zero attached hydrogens (tertiary/aromatic N) is 3. The van der Waals surface area contributed by atoms with Crippen LogP contribution in [0.15, 0.2) is 54.7 Å². The summed E-state index contributed by atoms with van der Waals surface area (Å²) in [5.74, 6) is 0.528. The van der Waals surface area contributed by atoms with E-state index in [0.717, 1.165) is 60.1 Å². The molecule has 1 saturated heterocycles. The molecule has 1 aromatic carbocycles. The molecule has 0 unspecified atom stereocenters. The lowest BCUT2D eigenvalue weighted by atomic mass is 10.0. The van der Waals surface area contributed by atoms with E-state index in [-0.39, 0.29) is 12.0 Å². The Hall–Kier alpha value is -2.79. The van der Waals surface area contributed by atoms with E-state index < -0.39 is 0 Å². The van der Waals surface area contributed by atoms with Crippen molar-refractivity contribution in [3.05, 3.63) is 71.7 Å². The van der Waals surface area contributed by atoms with Gasteiger partial charge in [0.2, 0.25) is 0 Å². The van der Waals surface area contributed by atoms with Gasteiger partial charge in [0.15, 0.2) is 0 Å². The van der Waals surface area contributed by atoms with E-state index in [1.807, 2.05) is 53.4 Å². The van der Waals surface area contributed by atoms with Gasteiger partial charge in [-0.3, -0.25) is 14.8 Å². The first-order valence-electron chi connectivity index (χ1n) is 10.5. The van der Waals surface area contributed by atoms with Gasteiger partial charge in [-0.1, -0.05) is 24.3 Å². The molecule has 1 aliphatic carbocycles. The Balaban J connectivity index is 1.52. The lowest BCUT2D eigenvalue weighted by molar-refractivity contribution is 0.0506. The predicted molar refractivity (Wildman–Crippen MR) is 112 cm³/mol. The van der Waals surface area contributed by atoms with Crippen molar-refractivity contribution >= 4 is 16.8 Å². The van der Waals surface area contributed by atoms with Gasteiger partial charge in [0.05, 0.1) is 29.4 Å². The number of fused-ring (bicyclic) bond motifs is 1. The van der Waals surface area contributed by atoms with Gasteiger partial charge < -0.3 is 9.64 Å². The van der Waals surface area contributed by atoms with Gasteiger partial charge in [0.25, 0.3) is 5.91 Å². The Kier molecular flexibility index (Phi) is 4.98. The highest BCUT2D eigenvalue weighted by atomic mass is 16.5. The first-order valence-corrected chi connectivity index (χ1v) is 10.5. The molecule has 0 bridgehead atoms. The minimum absolute atomic E-state index is 0.0339. The number of ether oxygens (including phenoxy) is 1. The van der Waals surface area contributed by atoms with E-state index in [4.69, 9.17) is 9.72 Å². The first kappa shape index (κ1) is 18.3. The molecule has 148 valence electrons. The van der Waals surface area contributed by atoms with Crippen LogP contribution in [0.2, 0.25) is 0 Å². The van der Waals surface area contributed by atoms with Crippen LogP contribution in [0.1, 0.15) is 53.3 Å². The topological polar surface area (TPSA) is 55.3 Å². The summed E-state index contributed by atoms with van der Waals surface area (Å²) in [6.07, 6.45) is 6.24. The highest BCUT2D eigenvalue weighted by Crippen LogP contribution is 2.40. The van der Waals surface area contributed by atoms with Crippen molar-refractivity contribution in [1.29, 1.82) is 0 Å². The largest absolute Gasteiger partial charge is 0.376 e. The van der Waals surface area contributed by atoms with Crippen molar-refractivity contribution in [2.45, 2.75) is 44.2 Å². The number of benzene rings is 1.